The zero-order valence-corrected chi connectivity index (χ0v) is 21.0. The molecular formula is C23H28ClF2N3O4S. The van der Waals surface area contributed by atoms with Crippen LogP contribution in [0.2, 0.25) is 5.02 Å². The fourth-order valence-electron chi connectivity index (χ4n) is 3.34. The number of nitrogens with one attached hydrogen (secondary N) is 1. The van der Waals surface area contributed by atoms with Crippen molar-refractivity contribution < 1.29 is 26.8 Å². The lowest BCUT2D eigenvalue weighted by Crippen LogP contribution is -2.53. The topological polar surface area (TPSA) is 86.8 Å². The first-order valence-electron chi connectivity index (χ1n) is 10.6. The smallest absolute Gasteiger partial charge is 0.244 e. The summed E-state index contributed by atoms with van der Waals surface area (Å²) in [6.07, 6.45) is 1.12. The fourth-order valence-corrected chi connectivity index (χ4v) is 4.31. The van der Waals surface area contributed by atoms with E-state index >= 15 is 0 Å². The molecule has 186 valence electrons. The van der Waals surface area contributed by atoms with E-state index < -0.39 is 46.1 Å². The number of anilines is 1. The minimum atomic E-state index is -4.05. The molecule has 0 spiro atoms. The highest BCUT2D eigenvalue weighted by atomic mass is 35.5. The number of rotatable bonds is 10. The molecule has 1 atom stereocenters. The number of hydrogen-bond donors (Lipinski definition) is 1. The van der Waals surface area contributed by atoms with Crippen LogP contribution in [0.4, 0.5) is 14.5 Å². The van der Waals surface area contributed by atoms with Crippen molar-refractivity contribution in [2.45, 2.75) is 45.8 Å². The standard InChI is InChI=1S/C23H28ClF2N3O4S/c1-5-21(23(31)27-15(2)3)28(13-16-6-8-17(24)9-7-16)22(30)14-29(34(4,32)33)18-10-11-19(25)20(26)12-18/h6-12,15,21H,5,13-14H2,1-4H3,(H,27,31)/t21-/m1/s1. The van der Waals surface area contributed by atoms with Gasteiger partial charge in [0.1, 0.15) is 12.6 Å². The number of carbonyl (C=O) groups is 2. The van der Waals surface area contributed by atoms with Crippen LogP contribution >= 0.6 is 11.6 Å². The molecule has 0 aromatic heterocycles. The molecule has 0 bridgehead atoms. The van der Waals surface area contributed by atoms with E-state index in [-0.39, 0.29) is 24.7 Å². The summed E-state index contributed by atoms with van der Waals surface area (Å²) in [7, 11) is -4.05. The van der Waals surface area contributed by atoms with Gasteiger partial charge in [-0.25, -0.2) is 17.2 Å². The number of carbonyl (C=O) groups excluding carboxylic acids is 2. The lowest BCUT2D eigenvalue weighted by molar-refractivity contribution is -0.140. The van der Waals surface area contributed by atoms with Crippen LogP contribution in [0.1, 0.15) is 32.8 Å². The highest BCUT2D eigenvalue weighted by Gasteiger charge is 2.32. The van der Waals surface area contributed by atoms with E-state index in [1.807, 2.05) is 0 Å². The second-order valence-electron chi connectivity index (χ2n) is 8.10. The minimum absolute atomic E-state index is 0.00933. The average molecular weight is 516 g/mol. The van der Waals surface area contributed by atoms with Gasteiger partial charge in [-0.2, -0.15) is 0 Å². The summed E-state index contributed by atoms with van der Waals surface area (Å²) in [5.41, 5.74) is 0.466. The number of nitrogens with zero attached hydrogens (tertiary/aromatic N) is 2. The van der Waals surface area contributed by atoms with Crippen LogP contribution in [-0.4, -0.2) is 50.0 Å². The van der Waals surface area contributed by atoms with Gasteiger partial charge in [0.05, 0.1) is 11.9 Å². The van der Waals surface area contributed by atoms with E-state index in [4.69, 9.17) is 11.6 Å². The Hall–Kier alpha value is -2.72. The van der Waals surface area contributed by atoms with Gasteiger partial charge < -0.3 is 10.2 Å². The predicted molar refractivity (Wildman–Crippen MR) is 128 cm³/mol. The second-order valence-corrected chi connectivity index (χ2v) is 10.4. The third-order valence-corrected chi connectivity index (χ3v) is 6.35. The molecule has 0 heterocycles. The molecule has 0 fully saturated rings. The molecule has 34 heavy (non-hydrogen) atoms. The van der Waals surface area contributed by atoms with Gasteiger partial charge in [-0.05, 0) is 50.1 Å². The zero-order chi connectivity index (χ0) is 25.6. The van der Waals surface area contributed by atoms with E-state index in [9.17, 15) is 26.8 Å². The lowest BCUT2D eigenvalue weighted by atomic mass is 10.1. The molecule has 0 aliphatic rings. The van der Waals surface area contributed by atoms with E-state index in [1.165, 1.54) is 4.90 Å². The van der Waals surface area contributed by atoms with E-state index in [0.29, 0.717) is 21.0 Å². The summed E-state index contributed by atoms with van der Waals surface area (Å²) in [5.74, 6) is -3.47. The Morgan fingerprint density at radius 2 is 1.68 bits per heavy atom. The molecule has 0 radical (unpaired) electrons. The summed E-state index contributed by atoms with van der Waals surface area (Å²) in [6.45, 7) is 4.60. The molecule has 0 unspecified atom stereocenters. The molecule has 2 aromatic rings. The zero-order valence-electron chi connectivity index (χ0n) is 19.4. The Morgan fingerprint density at radius 1 is 1.06 bits per heavy atom. The molecule has 0 saturated heterocycles. The van der Waals surface area contributed by atoms with Crippen molar-refractivity contribution in [3.8, 4) is 0 Å². The van der Waals surface area contributed by atoms with Crippen LogP contribution in [0.3, 0.4) is 0 Å². The molecule has 0 aliphatic heterocycles. The number of amides is 2. The Morgan fingerprint density at radius 3 is 2.18 bits per heavy atom. The largest absolute Gasteiger partial charge is 0.352 e. The normalized spacial score (nSPS) is 12.4. The number of hydrogen-bond acceptors (Lipinski definition) is 4. The Labute approximate surface area is 203 Å². The molecule has 2 amide bonds. The maximum atomic E-state index is 13.8. The van der Waals surface area contributed by atoms with Crippen molar-refractivity contribution in [2.75, 3.05) is 17.1 Å². The van der Waals surface area contributed by atoms with E-state index in [0.717, 1.165) is 18.4 Å². The molecule has 0 saturated carbocycles. The number of halogens is 3. The summed E-state index contributed by atoms with van der Waals surface area (Å²) >= 11 is 5.94. The monoisotopic (exact) mass is 515 g/mol. The van der Waals surface area contributed by atoms with Gasteiger partial charge in [0.25, 0.3) is 0 Å². The fraction of sp³-hybridized carbons (Fsp3) is 0.391. The van der Waals surface area contributed by atoms with Crippen molar-refractivity contribution in [3.63, 3.8) is 0 Å². The van der Waals surface area contributed by atoms with E-state index in [1.54, 1.807) is 45.0 Å². The highest BCUT2D eigenvalue weighted by molar-refractivity contribution is 7.92. The van der Waals surface area contributed by atoms with Gasteiger partial charge in [-0.1, -0.05) is 30.7 Å². The van der Waals surface area contributed by atoms with Crippen molar-refractivity contribution >= 4 is 39.1 Å². The molecule has 2 rings (SSSR count). The van der Waals surface area contributed by atoms with Crippen LogP contribution in [-0.2, 0) is 26.2 Å². The van der Waals surface area contributed by atoms with Crippen LogP contribution in [0, 0.1) is 11.6 Å². The maximum absolute atomic E-state index is 13.8. The van der Waals surface area contributed by atoms with Crippen LogP contribution in [0.5, 0.6) is 0 Å². The van der Waals surface area contributed by atoms with Gasteiger partial charge >= 0.3 is 0 Å². The summed E-state index contributed by atoms with van der Waals surface area (Å²) in [4.78, 5) is 27.6. The summed E-state index contributed by atoms with van der Waals surface area (Å²) in [5, 5.41) is 3.27. The van der Waals surface area contributed by atoms with Crippen molar-refractivity contribution in [2.24, 2.45) is 0 Å². The Kier molecular flexibility index (Phi) is 9.40. The van der Waals surface area contributed by atoms with Crippen molar-refractivity contribution in [1.29, 1.82) is 0 Å². The third kappa shape index (κ3) is 7.39. The average Bonchev–Trinajstić information content (AvgIpc) is 2.74. The van der Waals surface area contributed by atoms with Gasteiger partial charge in [0, 0.05) is 23.7 Å². The third-order valence-electron chi connectivity index (χ3n) is 4.95. The molecular weight excluding hydrogens is 488 g/mol. The van der Waals surface area contributed by atoms with Gasteiger partial charge in [0.2, 0.25) is 21.8 Å². The van der Waals surface area contributed by atoms with Crippen LogP contribution < -0.4 is 9.62 Å². The molecule has 2 aromatic carbocycles. The first-order valence-corrected chi connectivity index (χ1v) is 12.8. The van der Waals surface area contributed by atoms with Crippen LogP contribution in [0.25, 0.3) is 0 Å². The Bertz CT molecular complexity index is 1130. The molecule has 1 N–H and O–H groups in total. The minimum Gasteiger partial charge on any atom is -0.352 e. The lowest BCUT2D eigenvalue weighted by Gasteiger charge is -2.33. The quantitative estimate of drug-likeness (QED) is 0.522. The van der Waals surface area contributed by atoms with Gasteiger partial charge in [-0.15, -0.1) is 0 Å². The number of benzene rings is 2. The maximum Gasteiger partial charge on any atom is 0.244 e. The van der Waals surface area contributed by atoms with Crippen molar-refractivity contribution in [3.05, 3.63) is 64.7 Å². The SMILES string of the molecule is CC[C@H](C(=O)NC(C)C)N(Cc1ccc(Cl)cc1)C(=O)CN(c1ccc(F)c(F)c1)S(C)(=O)=O. The predicted octanol–water partition coefficient (Wildman–Crippen LogP) is 3.72. The Balaban J connectivity index is 2.45. The number of sulfonamides is 1. The first kappa shape index (κ1) is 27.5. The van der Waals surface area contributed by atoms with Gasteiger partial charge in [0.15, 0.2) is 11.6 Å². The molecule has 0 aliphatic carbocycles. The van der Waals surface area contributed by atoms with Crippen LogP contribution in [0.15, 0.2) is 42.5 Å². The molecule has 7 nitrogen and oxygen atoms in total. The highest BCUT2D eigenvalue weighted by Crippen LogP contribution is 2.22. The van der Waals surface area contributed by atoms with Gasteiger partial charge in [-0.3, -0.25) is 13.9 Å². The molecule has 11 heteroatoms. The first-order chi connectivity index (χ1) is 15.8. The second kappa shape index (κ2) is 11.6. The van der Waals surface area contributed by atoms with Crippen molar-refractivity contribution in [1.82, 2.24) is 10.2 Å². The summed E-state index contributed by atoms with van der Waals surface area (Å²) in [6, 6.07) is 8.15. The van der Waals surface area contributed by atoms with E-state index in [2.05, 4.69) is 5.32 Å². The summed E-state index contributed by atoms with van der Waals surface area (Å²) < 4.78 is 52.8.